The zero-order valence-electron chi connectivity index (χ0n) is 15.1. The van der Waals surface area contributed by atoms with Crippen molar-refractivity contribution < 1.29 is 4.79 Å². The molecule has 132 valence electrons. The number of nitrogens with zero attached hydrogens (tertiary/aromatic N) is 1. The van der Waals surface area contributed by atoms with Crippen molar-refractivity contribution >= 4 is 5.91 Å². The lowest BCUT2D eigenvalue weighted by atomic mass is 9.90. The maximum Gasteiger partial charge on any atom is 0.251 e. The average molecular weight is 337 g/mol. The number of piperidine rings is 1. The van der Waals surface area contributed by atoms with Gasteiger partial charge in [-0.1, -0.05) is 18.2 Å². The van der Waals surface area contributed by atoms with Gasteiger partial charge in [-0.25, -0.2) is 0 Å². The fourth-order valence-electron chi connectivity index (χ4n) is 3.56. The monoisotopic (exact) mass is 337 g/mol. The highest BCUT2D eigenvalue weighted by Crippen LogP contribution is 2.19. The Labute approximate surface area is 150 Å². The van der Waals surface area contributed by atoms with Crippen molar-refractivity contribution in [2.75, 3.05) is 13.1 Å². The third-order valence-corrected chi connectivity index (χ3v) is 4.98. The molecule has 2 heterocycles. The van der Waals surface area contributed by atoms with Gasteiger partial charge in [0.15, 0.2) is 0 Å². The third-order valence-electron chi connectivity index (χ3n) is 4.98. The van der Waals surface area contributed by atoms with E-state index >= 15 is 0 Å². The van der Waals surface area contributed by atoms with Gasteiger partial charge in [0.05, 0.1) is 11.7 Å². The van der Waals surface area contributed by atoms with E-state index in [0.717, 1.165) is 42.2 Å². The quantitative estimate of drug-likeness (QED) is 0.879. The molecule has 1 saturated heterocycles. The Morgan fingerprint density at radius 3 is 2.84 bits per heavy atom. The molecule has 4 nitrogen and oxygen atoms in total. The Hall–Kier alpha value is -2.20. The number of carbonyl (C=O) groups is 1. The third kappa shape index (κ3) is 4.67. The first-order valence-corrected chi connectivity index (χ1v) is 9.15. The molecule has 0 spiro atoms. The first-order valence-electron chi connectivity index (χ1n) is 9.15. The molecule has 1 amide bonds. The molecular weight excluding hydrogens is 310 g/mol. The lowest BCUT2D eigenvalue weighted by Gasteiger charge is -2.22. The highest BCUT2D eigenvalue weighted by atomic mass is 16.1. The summed E-state index contributed by atoms with van der Waals surface area (Å²) < 4.78 is 0. The molecule has 25 heavy (non-hydrogen) atoms. The molecule has 0 unspecified atom stereocenters. The number of pyridine rings is 1. The summed E-state index contributed by atoms with van der Waals surface area (Å²) in [4.78, 5) is 17.0. The first kappa shape index (κ1) is 17.6. The van der Waals surface area contributed by atoms with Crippen LogP contribution in [0, 0.1) is 12.8 Å². The largest absolute Gasteiger partial charge is 0.344 e. The summed E-state index contributed by atoms with van der Waals surface area (Å²) in [5.41, 5.74) is 3.99. The van der Waals surface area contributed by atoms with Crippen molar-refractivity contribution in [1.82, 2.24) is 15.6 Å². The zero-order chi connectivity index (χ0) is 17.6. The van der Waals surface area contributed by atoms with Crippen LogP contribution in [0.3, 0.4) is 0 Å². The van der Waals surface area contributed by atoms with Gasteiger partial charge in [0.1, 0.15) is 0 Å². The molecule has 1 aromatic carbocycles. The summed E-state index contributed by atoms with van der Waals surface area (Å²) >= 11 is 0. The molecule has 2 N–H and O–H groups in total. The molecule has 2 aromatic rings. The van der Waals surface area contributed by atoms with Gasteiger partial charge in [-0.3, -0.25) is 9.78 Å². The Balaban J connectivity index is 1.65. The highest BCUT2D eigenvalue weighted by molar-refractivity contribution is 5.94. The van der Waals surface area contributed by atoms with Crippen LogP contribution in [0.4, 0.5) is 0 Å². The van der Waals surface area contributed by atoms with E-state index in [9.17, 15) is 4.79 Å². The summed E-state index contributed by atoms with van der Waals surface area (Å²) in [5.74, 6) is 0.680. The number of hydrogen-bond acceptors (Lipinski definition) is 3. The molecule has 1 aliphatic rings. The molecule has 4 heteroatoms. The number of aromatic nitrogens is 1. The standard InChI is InChI=1S/C21H27N3O/c1-15-5-4-10-23-20(15)16(2)24-21(25)19-7-3-6-18(14-19)13-17-8-11-22-12-9-17/h3-7,10,14,16-17,22H,8-9,11-13H2,1-2H3,(H,24,25)/t16-/m0/s1. The van der Waals surface area contributed by atoms with E-state index in [1.165, 1.54) is 18.4 Å². The summed E-state index contributed by atoms with van der Waals surface area (Å²) in [5, 5.41) is 6.47. The number of carbonyl (C=O) groups excluding carboxylic acids is 1. The van der Waals surface area contributed by atoms with E-state index < -0.39 is 0 Å². The van der Waals surface area contributed by atoms with Crippen LogP contribution in [0.2, 0.25) is 0 Å². The minimum atomic E-state index is -0.109. The van der Waals surface area contributed by atoms with E-state index in [-0.39, 0.29) is 11.9 Å². The van der Waals surface area contributed by atoms with E-state index in [1.54, 1.807) is 6.20 Å². The second-order valence-electron chi connectivity index (χ2n) is 7.00. The SMILES string of the molecule is Cc1cccnc1[C@H](C)NC(=O)c1cccc(CC2CCNCC2)c1. The Morgan fingerprint density at radius 1 is 1.28 bits per heavy atom. The lowest BCUT2D eigenvalue weighted by molar-refractivity contribution is 0.0939. The van der Waals surface area contributed by atoms with E-state index in [4.69, 9.17) is 0 Å². The van der Waals surface area contributed by atoms with Crippen molar-refractivity contribution in [3.63, 3.8) is 0 Å². The summed E-state index contributed by atoms with van der Waals surface area (Å²) in [6, 6.07) is 11.9. The number of aryl methyl sites for hydroxylation is 1. The van der Waals surface area contributed by atoms with Gasteiger partial charge in [0.2, 0.25) is 0 Å². The smallest absolute Gasteiger partial charge is 0.251 e. The van der Waals surface area contributed by atoms with Gasteiger partial charge in [0.25, 0.3) is 5.91 Å². The molecule has 0 bridgehead atoms. The zero-order valence-corrected chi connectivity index (χ0v) is 15.1. The van der Waals surface area contributed by atoms with Crippen LogP contribution < -0.4 is 10.6 Å². The molecule has 1 fully saturated rings. The van der Waals surface area contributed by atoms with E-state index in [1.807, 2.05) is 44.2 Å². The second kappa shape index (κ2) is 8.26. The van der Waals surface area contributed by atoms with Crippen LogP contribution >= 0.6 is 0 Å². The highest BCUT2D eigenvalue weighted by Gasteiger charge is 2.16. The van der Waals surface area contributed by atoms with E-state index in [0.29, 0.717) is 0 Å². The average Bonchev–Trinajstić information content (AvgIpc) is 2.63. The second-order valence-corrected chi connectivity index (χ2v) is 7.00. The lowest BCUT2D eigenvalue weighted by Crippen LogP contribution is -2.29. The number of rotatable bonds is 5. The van der Waals surface area contributed by atoms with Gasteiger partial charge < -0.3 is 10.6 Å². The predicted octanol–water partition coefficient (Wildman–Crippen LogP) is 3.42. The molecule has 1 aliphatic heterocycles. The Bertz CT molecular complexity index is 723. The van der Waals surface area contributed by atoms with Crippen LogP contribution in [0.1, 0.15) is 53.0 Å². The molecular formula is C21H27N3O. The Kier molecular flexibility index (Phi) is 5.82. The summed E-state index contributed by atoms with van der Waals surface area (Å²) in [7, 11) is 0. The number of nitrogens with one attached hydrogen (secondary N) is 2. The molecule has 3 rings (SSSR count). The van der Waals surface area contributed by atoms with Gasteiger partial charge in [-0.15, -0.1) is 0 Å². The summed E-state index contributed by atoms with van der Waals surface area (Å²) in [6.45, 7) is 6.20. The van der Waals surface area contributed by atoms with Gasteiger partial charge in [-0.05, 0) is 81.4 Å². The fourth-order valence-corrected chi connectivity index (χ4v) is 3.56. The molecule has 0 aliphatic carbocycles. The number of amides is 1. The molecule has 0 saturated carbocycles. The van der Waals surface area contributed by atoms with Crippen molar-refractivity contribution in [3.05, 3.63) is 65.0 Å². The molecule has 1 aromatic heterocycles. The maximum atomic E-state index is 12.6. The first-order chi connectivity index (χ1) is 12.1. The maximum absolute atomic E-state index is 12.6. The van der Waals surface area contributed by atoms with Crippen LogP contribution in [0.5, 0.6) is 0 Å². The minimum Gasteiger partial charge on any atom is -0.344 e. The number of benzene rings is 1. The molecule has 0 radical (unpaired) electrons. The summed E-state index contributed by atoms with van der Waals surface area (Å²) in [6.07, 6.45) is 5.25. The van der Waals surface area contributed by atoms with Crippen LogP contribution in [0.25, 0.3) is 0 Å². The molecule has 1 atom stereocenters. The van der Waals surface area contributed by atoms with Gasteiger partial charge in [0, 0.05) is 11.8 Å². The van der Waals surface area contributed by atoms with Crippen molar-refractivity contribution in [3.8, 4) is 0 Å². The van der Waals surface area contributed by atoms with Crippen molar-refractivity contribution in [1.29, 1.82) is 0 Å². The van der Waals surface area contributed by atoms with Crippen LogP contribution in [-0.2, 0) is 6.42 Å². The van der Waals surface area contributed by atoms with Crippen LogP contribution in [0.15, 0.2) is 42.6 Å². The van der Waals surface area contributed by atoms with Gasteiger partial charge in [-0.2, -0.15) is 0 Å². The fraction of sp³-hybridized carbons (Fsp3) is 0.429. The van der Waals surface area contributed by atoms with E-state index in [2.05, 4.69) is 21.7 Å². The number of hydrogen-bond donors (Lipinski definition) is 2. The van der Waals surface area contributed by atoms with Gasteiger partial charge >= 0.3 is 0 Å². The van der Waals surface area contributed by atoms with Crippen LogP contribution in [-0.4, -0.2) is 24.0 Å². The van der Waals surface area contributed by atoms with Crippen molar-refractivity contribution in [2.24, 2.45) is 5.92 Å². The van der Waals surface area contributed by atoms with Crippen molar-refractivity contribution in [2.45, 2.75) is 39.2 Å². The Morgan fingerprint density at radius 2 is 2.08 bits per heavy atom. The minimum absolute atomic E-state index is 0.0373. The topological polar surface area (TPSA) is 54.0 Å². The predicted molar refractivity (Wildman–Crippen MR) is 101 cm³/mol. The normalized spacial score (nSPS) is 16.4.